The molecule has 1 saturated heterocycles. The summed E-state index contributed by atoms with van der Waals surface area (Å²) < 4.78 is 5.66. The van der Waals surface area contributed by atoms with Crippen LogP contribution < -0.4 is 4.74 Å². The van der Waals surface area contributed by atoms with E-state index >= 15 is 0 Å². The predicted octanol–water partition coefficient (Wildman–Crippen LogP) is 2.31. The second-order valence-corrected chi connectivity index (χ2v) is 5.73. The maximum absolute atomic E-state index is 11.8. The molecule has 1 fully saturated rings. The van der Waals surface area contributed by atoms with E-state index in [0.29, 0.717) is 0 Å². The quantitative estimate of drug-likeness (QED) is 0.849. The number of carbonyl (C=O) groups is 1. The van der Waals surface area contributed by atoms with E-state index in [1.54, 1.807) is 6.92 Å². The van der Waals surface area contributed by atoms with Crippen LogP contribution in [0.3, 0.4) is 0 Å². The number of carbonyl (C=O) groups excluding carboxylic acids is 1. The standard InChI is InChI=1S/C16H24N2O2/c1-12(2)20-15-7-5-14(6-8-15)16-11-17(4)9-10-18(16)13(3)19/h5-8,12,16H,9-11H2,1-4H3. The Hall–Kier alpha value is -1.55. The Balaban J connectivity index is 2.17. The molecule has 1 atom stereocenters. The molecule has 110 valence electrons. The van der Waals surface area contributed by atoms with Crippen LogP contribution in [0.25, 0.3) is 0 Å². The SMILES string of the molecule is CC(=O)N1CCN(C)CC1c1ccc(OC(C)C)cc1. The molecule has 0 aromatic heterocycles. The van der Waals surface area contributed by atoms with Crippen molar-refractivity contribution in [2.24, 2.45) is 0 Å². The van der Waals surface area contributed by atoms with Crippen molar-refractivity contribution in [2.45, 2.75) is 32.9 Å². The Morgan fingerprint density at radius 2 is 1.90 bits per heavy atom. The fraction of sp³-hybridized carbons (Fsp3) is 0.562. The van der Waals surface area contributed by atoms with Crippen molar-refractivity contribution in [1.29, 1.82) is 0 Å². The van der Waals surface area contributed by atoms with Crippen molar-refractivity contribution in [3.8, 4) is 5.75 Å². The number of amides is 1. The number of hydrogen-bond donors (Lipinski definition) is 0. The van der Waals surface area contributed by atoms with Gasteiger partial charge in [0.15, 0.2) is 0 Å². The van der Waals surface area contributed by atoms with Crippen LogP contribution in [0.1, 0.15) is 32.4 Å². The third kappa shape index (κ3) is 3.51. The van der Waals surface area contributed by atoms with E-state index in [4.69, 9.17) is 4.74 Å². The summed E-state index contributed by atoms with van der Waals surface area (Å²) in [7, 11) is 2.10. The van der Waals surface area contributed by atoms with E-state index in [1.165, 1.54) is 5.56 Å². The summed E-state index contributed by atoms with van der Waals surface area (Å²) in [6, 6.07) is 8.25. The van der Waals surface area contributed by atoms with Crippen LogP contribution in [0.4, 0.5) is 0 Å². The Morgan fingerprint density at radius 1 is 1.25 bits per heavy atom. The van der Waals surface area contributed by atoms with Gasteiger partial charge in [-0.05, 0) is 38.6 Å². The number of ether oxygens (including phenoxy) is 1. The Morgan fingerprint density at radius 3 is 2.45 bits per heavy atom. The third-order valence-electron chi connectivity index (χ3n) is 3.62. The minimum absolute atomic E-state index is 0.138. The number of benzene rings is 1. The van der Waals surface area contributed by atoms with Gasteiger partial charge in [0.05, 0.1) is 12.1 Å². The van der Waals surface area contributed by atoms with Crippen LogP contribution in [-0.2, 0) is 4.79 Å². The van der Waals surface area contributed by atoms with Gasteiger partial charge >= 0.3 is 0 Å². The van der Waals surface area contributed by atoms with Crippen molar-refractivity contribution in [1.82, 2.24) is 9.80 Å². The highest BCUT2D eigenvalue weighted by atomic mass is 16.5. The zero-order chi connectivity index (χ0) is 14.7. The van der Waals surface area contributed by atoms with Crippen molar-refractivity contribution in [3.63, 3.8) is 0 Å². The van der Waals surface area contributed by atoms with Crippen molar-refractivity contribution >= 4 is 5.91 Å². The highest BCUT2D eigenvalue weighted by Gasteiger charge is 2.28. The Bertz CT molecular complexity index is 456. The molecule has 1 aromatic rings. The molecular weight excluding hydrogens is 252 g/mol. The van der Waals surface area contributed by atoms with Crippen molar-refractivity contribution in [2.75, 3.05) is 26.7 Å². The summed E-state index contributed by atoms with van der Waals surface area (Å²) in [5.41, 5.74) is 1.17. The lowest BCUT2D eigenvalue weighted by molar-refractivity contribution is -0.133. The van der Waals surface area contributed by atoms with E-state index < -0.39 is 0 Å². The normalized spacial score (nSPS) is 20.2. The zero-order valence-electron chi connectivity index (χ0n) is 12.8. The average Bonchev–Trinajstić information content (AvgIpc) is 2.38. The van der Waals surface area contributed by atoms with Gasteiger partial charge in [0.2, 0.25) is 5.91 Å². The van der Waals surface area contributed by atoms with Gasteiger partial charge in [-0.15, -0.1) is 0 Å². The maximum Gasteiger partial charge on any atom is 0.220 e. The van der Waals surface area contributed by atoms with E-state index in [1.807, 2.05) is 30.9 Å². The molecular formula is C16H24N2O2. The lowest BCUT2D eigenvalue weighted by Gasteiger charge is -2.39. The van der Waals surface area contributed by atoms with Crippen molar-refractivity contribution < 1.29 is 9.53 Å². The molecule has 2 rings (SSSR count). The average molecular weight is 276 g/mol. The monoisotopic (exact) mass is 276 g/mol. The molecule has 1 heterocycles. The number of rotatable bonds is 3. The first-order valence-corrected chi connectivity index (χ1v) is 7.19. The third-order valence-corrected chi connectivity index (χ3v) is 3.62. The summed E-state index contributed by atoms with van der Waals surface area (Å²) in [5.74, 6) is 1.02. The molecule has 1 aliphatic rings. The molecule has 4 heteroatoms. The molecule has 0 spiro atoms. The van der Waals surface area contributed by atoms with Gasteiger partial charge in [-0.1, -0.05) is 12.1 Å². The summed E-state index contributed by atoms with van der Waals surface area (Å²) in [6.07, 6.45) is 0.176. The van der Waals surface area contributed by atoms with Crippen LogP contribution in [0, 0.1) is 0 Å². The molecule has 1 aliphatic heterocycles. The van der Waals surface area contributed by atoms with Crippen LogP contribution in [0.15, 0.2) is 24.3 Å². The molecule has 1 amide bonds. The smallest absolute Gasteiger partial charge is 0.220 e. The minimum Gasteiger partial charge on any atom is -0.491 e. The first kappa shape index (κ1) is 14.9. The molecule has 0 aliphatic carbocycles. The topological polar surface area (TPSA) is 32.8 Å². The lowest BCUT2D eigenvalue weighted by atomic mass is 10.0. The van der Waals surface area contributed by atoms with Crippen molar-refractivity contribution in [3.05, 3.63) is 29.8 Å². The minimum atomic E-state index is 0.138. The van der Waals surface area contributed by atoms with E-state index in [2.05, 4.69) is 24.1 Å². The lowest BCUT2D eigenvalue weighted by Crippen LogP contribution is -2.48. The van der Waals surface area contributed by atoms with Gasteiger partial charge in [-0.3, -0.25) is 4.79 Å². The van der Waals surface area contributed by atoms with Gasteiger partial charge in [-0.2, -0.15) is 0 Å². The summed E-state index contributed by atoms with van der Waals surface area (Å²) in [6.45, 7) is 8.28. The molecule has 0 saturated carbocycles. The van der Waals surface area contributed by atoms with Crippen LogP contribution in [0.5, 0.6) is 5.75 Å². The molecule has 20 heavy (non-hydrogen) atoms. The molecule has 1 unspecified atom stereocenters. The molecule has 1 aromatic carbocycles. The number of piperazine rings is 1. The first-order valence-electron chi connectivity index (χ1n) is 7.19. The predicted molar refractivity (Wildman–Crippen MR) is 79.8 cm³/mol. The highest BCUT2D eigenvalue weighted by molar-refractivity contribution is 5.74. The summed E-state index contributed by atoms with van der Waals surface area (Å²) in [4.78, 5) is 16.0. The number of hydrogen-bond acceptors (Lipinski definition) is 3. The highest BCUT2D eigenvalue weighted by Crippen LogP contribution is 2.26. The van der Waals surface area contributed by atoms with Crippen LogP contribution >= 0.6 is 0 Å². The Labute approximate surface area is 121 Å². The second-order valence-electron chi connectivity index (χ2n) is 5.73. The van der Waals surface area contributed by atoms with Gasteiger partial charge in [0, 0.05) is 26.6 Å². The molecule has 4 nitrogen and oxygen atoms in total. The van der Waals surface area contributed by atoms with Gasteiger partial charge in [0.25, 0.3) is 0 Å². The number of nitrogens with zero attached hydrogens (tertiary/aromatic N) is 2. The fourth-order valence-electron chi connectivity index (χ4n) is 2.62. The number of likely N-dealkylation sites (N-methyl/N-ethyl adjacent to an activating group) is 1. The van der Waals surface area contributed by atoms with Gasteiger partial charge in [0.1, 0.15) is 5.75 Å². The van der Waals surface area contributed by atoms with Gasteiger partial charge in [-0.25, -0.2) is 0 Å². The van der Waals surface area contributed by atoms with Crippen LogP contribution in [-0.4, -0.2) is 48.5 Å². The van der Waals surface area contributed by atoms with E-state index in [9.17, 15) is 4.79 Å². The fourth-order valence-corrected chi connectivity index (χ4v) is 2.62. The molecule has 0 N–H and O–H groups in total. The van der Waals surface area contributed by atoms with E-state index in [0.717, 1.165) is 25.4 Å². The molecule has 0 bridgehead atoms. The van der Waals surface area contributed by atoms with E-state index in [-0.39, 0.29) is 18.1 Å². The first-order chi connectivity index (χ1) is 9.47. The second kappa shape index (κ2) is 6.27. The maximum atomic E-state index is 11.8. The summed E-state index contributed by atoms with van der Waals surface area (Å²) in [5, 5.41) is 0. The Kier molecular flexibility index (Phi) is 4.65. The summed E-state index contributed by atoms with van der Waals surface area (Å²) >= 11 is 0. The largest absolute Gasteiger partial charge is 0.491 e. The van der Waals surface area contributed by atoms with Gasteiger partial charge < -0.3 is 14.5 Å². The zero-order valence-corrected chi connectivity index (χ0v) is 12.8. The van der Waals surface area contributed by atoms with Crippen LogP contribution in [0.2, 0.25) is 0 Å². The molecule has 0 radical (unpaired) electrons.